The van der Waals surface area contributed by atoms with Gasteiger partial charge in [0.05, 0.1) is 29.2 Å². The van der Waals surface area contributed by atoms with Gasteiger partial charge in [0.25, 0.3) is 5.56 Å². The fourth-order valence-corrected chi connectivity index (χ4v) is 4.18. The number of Topliss-reactive ketones (excluding diaryl/α,β-unsaturated/α-hetero) is 1. The van der Waals surface area contributed by atoms with Crippen LogP contribution in [0.15, 0.2) is 62.3 Å². The Morgan fingerprint density at radius 3 is 2.67 bits per heavy atom. The molecule has 0 aliphatic rings. The molecule has 7 heteroatoms. The summed E-state index contributed by atoms with van der Waals surface area (Å²) in [6.07, 6.45) is 0. The van der Waals surface area contributed by atoms with Crippen LogP contribution in [0.5, 0.6) is 5.75 Å². The molecule has 152 valence electrons. The van der Waals surface area contributed by atoms with Gasteiger partial charge in [0.2, 0.25) is 0 Å². The standard InChI is InChI=1S/C23H19BrN2O4/c1-13-17-6-4-5-7-20(17)26(23(28)22(13)14(2)27)12-16-11-19(25-30-16)15-8-9-21(29-3)18(24)10-15/h4-11H,12H2,1-3H3. The van der Waals surface area contributed by atoms with Crippen molar-refractivity contribution in [3.8, 4) is 17.0 Å². The van der Waals surface area contributed by atoms with Gasteiger partial charge in [-0.3, -0.25) is 14.2 Å². The van der Waals surface area contributed by atoms with Crippen LogP contribution in [-0.4, -0.2) is 22.6 Å². The van der Waals surface area contributed by atoms with Crippen LogP contribution < -0.4 is 10.3 Å². The van der Waals surface area contributed by atoms with Crippen LogP contribution in [0.2, 0.25) is 0 Å². The van der Waals surface area contributed by atoms with Gasteiger partial charge in [0.15, 0.2) is 11.5 Å². The monoisotopic (exact) mass is 466 g/mol. The minimum Gasteiger partial charge on any atom is -0.496 e. The van der Waals surface area contributed by atoms with E-state index in [0.717, 1.165) is 26.7 Å². The summed E-state index contributed by atoms with van der Waals surface area (Å²) in [5.74, 6) is 0.984. The number of hydrogen-bond acceptors (Lipinski definition) is 5. The summed E-state index contributed by atoms with van der Waals surface area (Å²) in [5, 5.41) is 5.01. The van der Waals surface area contributed by atoms with Gasteiger partial charge in [-0.05, 0) is 59.6 Å². The normalized spacial score (nSPS) is 11.1. The first-order chi connectivity index (χ1) is 14.4. The highest BCUT2D eigenvalue weighted by molar-refractivity contribution is 9.10. The predicted octanol–water partition coefficient (Wildman–Crippen LogP) is 4.99. The number of pyridine rings is 1. The lowest BCUT2D eigenvalue weighted by Gasteiger charge is -2.13. The lowest BCUT2D eigenvalue weighted by Crippen LogP contribution is -2.28. The molecule has 2 heterocycles. The Morgan fingerprint density at radius 1 is 1.20 bits per heavy atom. The molecular weight excluding hydrogens is 448 g/mol. The Morgan fingerprint density at radius 2 is 1.97 bits per heavy atom. The quantitative estimate of drug-likeness (QED) is 0.387. The minimum atomic E-state index is -0.330. The number of benzene rings is 2. The van der Waals surface area contributed by atoms with Gasteiger partial charge in [-0.15, -0.1) is 0 Å². The SMILES string of the molecule is COc1ccc(-c2cc(Cn3c(=O)c(C(C)=O)c(C)c4ccccc43)on2)cc1Br. The zero-order chi connectivity index (χ0) is 21.4. The molecule has 30 heavy (non-hydrogen) atoms. The molecule has 0 radical (unpaired) electrons. The van der Waals surface area contributed by atoms with Crippen molar-refractivity contribution in [3.05, 3.63) is 80.2 Å². The summed E-state index contributed by atoms with van der Waals surface area (Å²) >= 11 is 3.47. The summed E-state index contributed by atoms with van der Waals surface area (Å²) in [6.45, 7) is 3.39. The molecule has 2 aromatic carbocycles. The van der Waals surface area contributed by atoms with E-state index in [1.165, 1.54) is 6.92 Å². The molecule has 0 N–H and O–H groups in total. The van der Waals surface area contributed by atoms with E-state index in [1.807, 2.05) is 42.5 Å². The largest absolute Gasteiger partial charge is 0.496 e. The Kier molecular flexibility index (Phi) is 5.30. The Labute approximate surface area is 181 Å². The van der Waals surface area contributed by atoms with Crippen LogP contribution in [0.25, 0.3) is 22.2 Å². The second-order valence-corrected chi connectivity index (χ2v) is 7.85. The molecule has 6 nitrogen and oxygen atoms in total. The molecule has 2 aromatic heterocycles. The van der Waals surface area contributed by atoms with Gasteiger partial charge in [-0.25, -0.2) is 0 Å². The molecule has 0 unspecified atom stereocenters. The molecule has 0 amide bonds. The summed E-state index contributed by atoms with van der Waals surface area (Å²) in [7, 11) is 1.60. The average molecular weight is 467 g/mol. The number of aromatic nitrogens is 2. The molecule has 0 spiro atoms. The summed E-state index contributed by atoms with van der Waals surface area (Å²) in [6, 6.07) is 14.9. The highest BCUT2D eigenvalue weighted by Crippen LogP contribution is 2.30. The maximum Gasteiger partial charge on any atom is 0.262 e. The second-order valence-electron chi connectivity index (χ2n) is 6.99. The first-order valence-electron chi connectivity index (χ1n) is 9.33. The molecule has 0 saturated heterocycles. The van der Waals surface area contributed by atoms with Gasteiger partial charge in [0, 0.05) is 17.0 Å². The van der Waals surface area contributed by atoms with Gasteiger partial charge >= 0.3 is 0 Å². The molecule has 0 aliphatic heterocycles. The first-order valence-corrected chi connectivity index (χ1v) is 10.1. The first kappa shape index (κ1) is 20.1. The minimum absolute atomic E-state index is 0.171. The van der Waals surface area contributed by atoms with Gasteiger partial charge in [-0.1, -0.05) is 23.4 Å². The molecule has 4 aromatic rings. The fourth-order valence-electron chi connectivity index (χ4n) is 3.64. The van der Waals surface area contributed by atoms with Crippen molar-refractivity contribution >= 4 is 32.6 Å². The smallest absolute Gasteiger partial charge is 0.262 e. The summed E-state index contributed by atoms with van der Waals surface area (Å²) in [4.78, 5) is 25.2. The van der Waals surface area contributed by atoms with E-state index in [0.29, 0.717) is 17.0 Å². The Hall–Kier alpha value is -3.19. The van der Waals surface area contributed by atoms with E-state index in [2.05, 4.69) is 21.1 Å². The van der Waals surface area contributed by atoms with E-state index in [9.17, 15) is 9.59 Å². The van der Waals surface area contributed by atoms with E-state index in [1.54, 1.807) is 24.7 Å². The highest BCUT2D eigenvalue weighted by atomic mass is 79.9. The number of aryl methyl sites for hydroxylation is 1. The number of fused-ring (bicyclic) bond motifs is 1. The molecule has 0 atom stereocenters. The van der Waals surface area contributed by atoms with Gasteiger partial charge in [-0.2, -0.15) is 0 Å². The van der Waals surface area contributed by atoms with E-state index in [4.69, 9.17) is 9.26 Å². The maximum absolute atomic E-state index is 13.1. The van der Waals surface area contributed by atoms with Crippen LogP contribution in [0.3, 0.4) is 0 Å². The Balaban J connectivity index is 1.78. The lowest BCUT2D eigenvalue weighted by molar-refractivity contribution is 0.101. The molecule has 0 saturated carbocycles. The van der Waals surface area contributed by atoms with Crippen LogP contribution in [0.1, 0.15) is 28.6 Å². The van der Waals surface area contributed by atoms with Crippen molar-refractivity contribution in [3.63, 3.8) is 0 Å². The second kappa shape index (κ2) is 7.91. The van der Waals surface area contributed by atoms with Gasteiger partial charge in [0.1, 0.15) is 11.4 Å². The zero-order valence-corrected chi connectivity index (χ0v) is 18.3. The molecule has 4 rings (SSSR count). The van der Waals surface area contributed by atoms with Crippen molar-refractivity contribution in [1.82, 2.24) is 9.72 Å². The topological polar surface area (TPSA) is 74.3 Å². The average Bonchev–Trinajstić information content (AvgIpc) is 3.19. The van der Waals surface area contributed by atoms with Crippen molar-refractivity contribution < 1.29 is 14.1 Å². The van der Waals surface area contributed by atoms with Crippen LogP contribution in [-0.2, 0) is 6.54 Å². The number of para-hydroxylation sites is 1. The van der Waals surface area contributed by atoms with Crippen molar-refractivity contribution in [2.45, 2.75) is 20.4 Å². The van der Waals surface area contributed by atoms with E-state index >= 15 is 0 Å². The Bertz CT molecular complexity index is 1340. The van der Waals surface area contributed by atoms with E-state index < -0.39 is 0 Å². The maximum atomic E-state index is 13.1. The number of nitrogens with zero attached hydrogens (tertiary/aromatic N) is 2. The number of ether oxygens (including phenoxy) is 1. The molecular formula is C23H19BrN2O4. The number of halogens is 1. The fraction of sp³-hybridized carbons (Fsp3) is 0.174. The van der Waals surface area contributed by atoms with Crippen molar-refractivity contribution in [2.75, 3.05) is 7.11 Å². The number of ketones is 1. The van der Waals surface area contributed by atoms with Crippen LogP contribution in [0, 0.1) is 6.92 Å². The summed E-state index contributed by atoms with van der Waals surface area (Å²) < 4.78 is 13.1. The third-order valence-corrected chi connectivity index (χ3v) is 5.73. The number of methoxy groups -OCH3 is 1. The third kappa shape index (κ3) is 3.45. The number of carbonyl (C=O) groups excluding carboxylic acids is 1. The summed E-state index contributed by atoms with van der Waals surface area (Å²) in [5.41, 5.74) is 2.81. The zero-order valence-electron chi connectivity index (χ0n) is 16.7. The number of hydrogen-bond donors (Lipinski definition) is 0. The third-order valence-electron chi connectivity index (χ3n) is 5.11. The van der Waals surface area contributed by atoms with Crippen LogP contribution in [0.4, 0.5) is 0 Å². The molecule has 0 aliphatic carbocycles. The highest BCUT2D eigenvalue weighted by Gasteiger charge is 2.18. The molecule has 0 fully saturated rings. The molecule has 0 bridgehead atoms. The number of carbonyl (C=O) groups is 1. The van der Waals surface area contributed by atoms with Gasteiger partial charge < -0.3 is 9.26 Å². The van der Waals surface area contributed by atoms with Crippen molar-refractivity contribution in [2.24, 2.45) is 0 Å². The predicted molar refractivity (Wildman–Crippen MR) is 118 cm³/mol. The van der Waals surface area contributed by atoms with Crippen LogP contribution >= 0.6 is 15.9 Å². The van der Waals surface area contributed by atoms with Crippen molar-refractivity contribution in [1.29, 1.82) is 0 Å². The lowest BCUT2D eigenvalue weighted by atomic mass is 10.0. The van der Waals surface area contributed by atoms with E-state index in [-0.39, 0.29) is 23.5 Å². The number of rotatable bonds is 5.